The average Bonchev–Trinajstić information content (AvgIpc) is 2.32. The number of hydrogen-bond acceptors (Lipinski definition) is 2. The first kappa shape index (κ1) is 13.4. The fourth-order valence-corrected chi connectivity index (χ4v) is 3.98. The van der Waals surface area contributed by atoms with Crippen LogP contribution in [0, 0.1) is 17.8 Å². The molecule has 0 aromatic rings. The number of piperidine rings is 1. The van der Waals surface area contributed by atoms with Crippen LogP contribution in [0.3, 0.4) is 0 Å². The van der Waals surface area contributed by atoms with Gasteiger partial charge < -0.3 is 5.32 Å². The highest BCUT2D eigenvalue weighted by atomic mass is 15.2. The molecule has 1 N–H and O–H groups in total. The Morgan fingerprint density at radius 1 is 1.00 bits per heavy atom. The molecule has 1 saturated carbocycles. The van der Waals surface area contributed by atoms with Gasteiger partial charge in [0.25, 0.3) is 0 Å². The van der Waals surface area contributed by atoms with Crippen molar-refractivity contribution in [1.82, 2.24) is 10.2 Å². The summed E-state index contributed by atoms with van der Waals surface area (Å²) >= 11 is 0. The minimum atomic E-state index is 0.738. The molecule has 0 aromatic heterocycles. The van der Waals surface area contributed by atoms with Gasteiger partial charge in [0.2, 0.25) is 0 Å². The van der Waals surface area contributed by atoms with Crippen molar-refractivity contribution in [3.8, 4) is 0 Å². The molecular weight excluding hydrogens is 208 g/mol. The molecule has 1 aliphatic heterocycles. The second-order valence-corrected chi connectivity index (χ2v) is 6.49. The van der Waals surface area contributed by atoms with Crippen molar-refractivity contribution in [3.05, 3.63) is 0 Å². The van der Waals surface area contributed by atoms with Crippen LogP contribution in [0.2, 0.25) is 0 Å². The van der Waals surface area contributed by atoms with Crippen molar-refractivity contribution in [2.24, 2.45) is 17.8 Å². The van der Waals surface area contributed by atoms with Gasteiger partial charge >= 0.3 is 0 Å². The summed E-state index contributed by atoms with van der Waals surface area (Å²) in [4.78, 5) is 2.79. The van der Waals surface area contributed by atoms with Gasteiger partial charge in [0, 0.05) is 18.6 Å². The van der Waals surface area contributed by atoms with Crippen molar-refractivity contribution < 1.29 is 0 Å². The summed E-state index contributed by atoms with van der Waals surface area (Å²) in [5.41, 5.74) is 0. The third-order valence-electron chi connectivity index (χ3n) is 5.44. The molecule has 2 rings (SSSR count). The molecule has 2 heteroatoms. The van der Waals surface area contributed by atoms with E-state index in [-0.39, 0.29) is 0 Å². The Hall–Kier alpha value is -0.0800. The lowest BCUT2D eigenvalue weighted by Gasteiger charge is -2.46. The fourth-order valence-electron chi connectivity index (χ4n) is 3.98. The van der Waals surface area contributed by atoms with Crippen LogP contribution in [0.5, 0.6) is 0 Å². The van der Waals surface area contributed by atoms with E-state index in [1.165, 1.54) is 38.8 Å². The van der Waals surface area contributed by atoms with Gasteiger partial charge in [-0.3, -0.25) is 4.90 Å². The molecule has 0 amide bonds. The maximum absolute atomic E-state index is 3.47. The summed E-state index contributed by atoms with van der Waals surface area (Å²) < 4.78 is 0. The molecule has 1 heterocycles. The molecule has 0 radical (unpaired) electrons. The summed E-state index contributed by atoms with van der Waals surface area (Å²) in [6, 6.07) is 1.60. The zero-order valence-corrected chi connectivity index (χ0v) is 12.1. The van der Waals surface area contributed by atoms with E-state index in [2.05, 4.69) is 38.0 Å². The van der Waals surface area contributed by atoms with Crippen LogP contribution in [0.25, 0.3) is 0 Å². The Morgan fingerprint density at radius 3 is 2.41 bits per heavy atom. The van der Waals surface area contributed by atoms with Crippen molar-refractivity contribution in [3.63, 3.8) is 0 Å². The van der Waals surface area contributed by atoms with Crippen LogP contribution in [-0.4, -0.2) is 37.1 Å². The van der Waals surface area contributed by atoms with E-state index in [0.717, 1.165) is 29.8 Å². The fraction of sp³-hybridized carbons (Fsp3) is 1.00. The van der Waals surface area contributed by atoms with E-state index in [4.69, 9.17) is 0 Å². The SMILES string of the molecule is CNC1CCN(C2CCCC(C)C2C)CC1C. The Bertz CT molecular complexity index is 241. The van der Waals surface area contributed by atoms with E-state index in [1.807, 2.05) is 0 Å². The van der Waals surface area contributed by atoms with Crippen molar-refractivity contribution in [2.75, 3.05) is 20.1 Å². The monoisotopic (exact) mass is 238 g/mol. The van der Waals surface area contributed by atoms with Gasteiger partial charge in [-0.1, -0.05) is 33.6 Å². The van der Waals surface area contributed by atoms with Gasteiger partial charge in [-0.25, -0.2) is 0 Å². The molecule has 1 saturated heterocycles. The molecule has 17 heavy (non-hydrogen) atoms. The van der Waals surface area contributed by atoms with Crippen LogP contribution in [-0.2, 0) is 0 Å². The highest BCUT2D eigenvalue weighted by molar-refractivity contribution is 4.90. The smallest absolute Gasteiger partial charge is 0.0124 e. The first-order valence-electron chi connectivity index (χ1n) is 7.54. The molecule has 2 nitrogen and oxygen atoms in total. The number of rotatable bonds is 2. The standard InChI is InChI=1S/C15H30N2/c1-11-6-5-7-15(13(11)3)17-9-8-14(16-4)12(2)10-17/h11-16H,5-10H2,1-4H3. The second-order valence-electron chi connectivity index (χ2n) is 6.49. The minimum absolute atomic E-state index is 0.738. The van der Waals surface area contributed by atoms with Crippen LogP contribution in [0.4, 0.5) is 0 Å². The summed E-state index contributed by atoms with van der Waals surface area (Å²) in [5, 5.41) is 3.47. The normalized spacial score (nSPS) is 44.8. The highest BCUT2D eigenvalue weighted by Crippen LogP contribution is 2.34. The van der Waals surface area contributed by atoms with Gasteiger partial charge in [0.15, 0.2) is 0 Å². The lowest BCUT2D eigenvalue weighted by atomic mass is 9.76. The van der Waals surface area contributed by atoms with Gasteiger partial charge in [-0.05, 0) is 44.2 Å². The van der Waals surface area contributed by atoms with Gasteiger partial charge in [-0.2, -0.15) is 0 Å². The summed E-state index contributed by atoms with van der Waals surface area (Å²) in [7, 11) is 2.11. The Labute approximate surface area is 107 Å². The molecule has 2 fully saturated rings. The first-order valence-corrected chi connectivity index (χ1v) is 7.54. The number of likely N-dealkylation sites (tertiary alicyclic amines) is 1. The summed E-state index contributed by atoms with van der Waals surface area (Å²) in [6.07, 6.45) is 5.65. The van der Waals surface area contributed by atoms with Gasteiger partial charge in [0.1, 0.15) is 0 Å². The zero-order valence-electron chi connectivity index (χ0n) is 12.1. The second kappa shape index (κ2) is 5.71. The maximum Gasteiger partial charge on any atom is 0.0124 e. The van der Waals surface area contributed by atoms with Crippen LogP contribution in [0.15, 0.2) is 0 Å². The van der Waals surface area contributed by atoms with E-state index >= 15 is 0 Å². The third-order valence-corrected chi connectivity index (χ3v) is 5.44. The first-order chi connectivity index (χ1) is 8.13. The Kier molecular flexibility index (Phi) is 4.48. The molecular formula is C15H30N2. The number of nitrogens with zero attached hydrogens (tertiary/aromatic N) is 1. The molecule has 1 aliphatic carbocycles. The number of nitrogens with one attached hydrogen (secondary N) is 1. The van der Waals surface area contributed by atoms with E-state index < -0.39 is 0 Å². The van der Waals surface area contributed by atoms with E-state index in [1.54, 1.807) is 0 Å². The number of hydrogen-bond donors (Lipinski definition) is 1. The Balaban J connectivity index is 1.94. The summed E-state index contributed by atoms with van der Waals surface area (Å²) in [6.45, 7) is 9.93. The summed E-state index contributed by atoms with van der Waals surface area (Å²) in [5.74, 6) is 2.62. The van der Waals surface area contributed by atoms with E-state index in [9.17, 15) is 0 Å². The molecule has 5 atom stereocenters. The topological polar surface area (TPSA) is 15.3 Å². The molecule has 0 aromatic carbocycles. The van der Waals surface area contributed by atoms with E-state index in [0.29, 0.717) is 0 Å². The molecule has 0 spiro atoms. The van der Waals surface area contributed by atoms with Crippen molar-refractivity contribution in [1.29, 1.82) is 0 Å². The molecule has 5 unspecified atom stereocenters. The molecule has 0 bridgehead atoms. The van der Waals surface area contributed by atoms with Crippen molar-refractivity contribution in [2.45, 2.75) is 58.5 Å². The predicted molar refractivity (Wildman–Crippen MR) is 74.2 cm³/mol. The largest absolute Gasteiger partial charge is 0.317 e. The molecule has 100 valence electrons. The lowest BCUT2D eigenvalue weighted by molar-refractivity contribution is 0.0390. The minimum Gasteiger partial charge on any atom is -0.317 e. The third kappa shape index (κ3) is 2.85. The van der Waals surface area contributed by atoms with Crippen LogP contribution in [0.1, 0.15) is 46.5 Å². The lowest BCUT2D eigenvalue weighted by Crippen LogP contribution is -2.53. The van der Waals surface area contributed by atoms with Gasteiger partial charge in [-0.15, -0.1) is 0 Å². The quantitative estimate of drug-likeness (QED) is 0.796. The Morgan fingerprint density at radius 2 is 1.76 bits per heavy atom. The maximum atomic E-state index is 3.47. The molecule has 2 aliphatic rings. The van der Waals surface area contributed by atoms with Crippen molar-refractivity contribution >= 4 is 0 Å². The van der Waals surface area contributed by atoms with Gasteiger partial charge in [0.05, 0.1) is 0 Å². The zero-order chi connectivity index (χ0) is 12.4. The highest BCUT2D eigenvalue weighted by Gasteiger charge is 2.35. The average molecular weight is 238 g/mol. The predicted octanol–water partition coefficient (Wildman–Crippen LogP) is 2.74. The van der Waals surface area contributed by atoms with Crippen LogP contribution < -0.4 is 5.32 Å². The van der Waals surface area contributed by atoms with Crippen LogP contribution >= 0.6 is 0 Å².